The number of nitrogens with one attached hydrogen (secondary N) is 1. The van der Waals surface area contributed by atoms with Gasteiger partial charge in [-0.3, -0.25) is 0 Å². The van der Waals surface area contributed by atoms with Crippen LogP contribution >= 0.6 is 15.9 Å². The van der Waals surface area contributed by atoms with E-state index in [4.69, 9.17) is 0 Å². The average Bonchev–Trinajstić information content (AvgIpc) is 2.93. The Balaban J connectivity index is 1.74. The Morgan fingerprint density at radius 1 is 1.39 bits per heavy atom. The smallest absolute Gasteiger partial charge is 0.243 e. The minimum absolute atomic E-state index is 0.415. The predicted molar refractivity (Wildman–Crippen MR) is 75.8 cm³/mol. The lowest BCUT2D eigenvalue weighted by molar-refractivity contribution is 0.361. The molecule has 0 saturated heterocycles. The van der Waals surface area contributed by atoms with E-state index in [2.05, 4.69) is 38.3 Å². The zero-order valence-electron chi connectivity index (χ0n) is 10.5. The quantitative estimate of drug-likeness (QED) is 0.944. The van der Waals surface area contributed by atoms with Crippen molar-refractivity contribution in [3.05, 3.63) is 22.8 Å². The maximum absolute atomic E-state index is 4.47. The van der Waals surface area contributed by atoms with E-state index in [1.807, 2.05) is 18.3 Å². The van der Waals surface area contributed by atoms with E-state index in [0.29, 0.717) is 5.41 Å². The van der Waals surface area contributed by atoms with Crippen molar-refractivity contribution in [3.8, 4) is 0 Å². The van der Waals surface area contributed by atoms with Crippen LogP contribution in [-0.4, -0.2) is 21.1 Å². The van der Waals surface area contributed by atoms with Crippen LogP contribution in [0.15, 0.2) is 22.8 Å². The number of anilines is 1. The number of halogens is 1. The van der Waals surface area contributed by atoms with Crippen LogP contribution in [0.25, 0.3) is 5.65 Å². The fourth-order valence-electron chi connectivity index (χ4n) is 2.63. The van der Waals surface area contributed by atoms with E-state index in [-0.39, 0.29) is 0 Å². The Hall–Kier alpha value is -1.10. The Bertz CT molecular complexity index is 557. The molecule has 18 heavy (non-hydrogen) atoms. The Morgan fingerprint density at radius 3 is 2.94 bits per heavy atom. The zero-order chi connectivity index (χ0) is 12.6. The molecule has 0 unspecified atom stereocenters. The molecule has 0 bridgehead atoms. The van der Waals surface area contributed by atoms with Gasteiger partial charge in [-0.25, -0.2) is 4.52 Å². The lowest BCUT2D eigenvalue weighted by Crippen LogP contribution is -2.23. The molecule has 3 rings (SSSR count). The summed E-state index contributed by atoms with van der Waals surface area (Å²) in [5.41, 5.74) is 1.29. The van der Waals surface area contributed by atoms with Crippen molar-refractivity contribution >= 4 is 27.5 Å². The van der Waals surface area contributed by atoms with E-state index in [1.165, 1.54) is 25.7 Å². The van der Waals surface area contributed by atoms with Gasteiger partial charge in [0.15, 0.2) is 5.65 Å². The molecule has 2 aromatic rings. The maximum atomic E-state index is 4.47. The standard InChI is InChI=1S/C13H17BrN4/c1-13(6-2-3-7-13)9-15-12-16-11-5-4-10(14)8-18(11)17-12/h4-5,8H,2-3,6-7,9H2,1H3,(H,15,17). The first-order valence-electron chi connectivity index (χ1n) is 6.41. The molecule has 1 fully saturated rings. The van der Waals surface area contributed by atoms with Crippen molar-refractivity contribution in [3.63, 3.8) is 0 Å². The Morgan fingerprint density at radius 2 is 2.17 bits per heavy atom. The van der Waals surface area contributed by atoms with Gasteiger partial charge in [-0.15, -0.1) is 5.10 Å². The van der Waals surface area contributed by atoms with Crippen LogP contribution in [0.5, 0.6) is 0 Å². The summed E-state index contributed by atoms with van der Waals surface area (Å²) in [4.78, 5) is 4.47. The van der Waals surface area contributed by atoms with E-state index in [0.717, 1.165) is 22.6 Å². The second kappa shape index (κ2) is 4.53. The third kappa shape index (κ3) is 2.36. The highest BCUT2D eigenvalue weighted by Crippen LogP contribution is 2.37. The van der Waals surface area contributed by atoms with Gasteiger partial charge in [0.2, 0.25) is 5.95 Å². The van der Waals surface area contributed by atoms with Crippen LogP contribution in [-0.2, 0) is 0 Å². The number of rotatable bonds is 3. The fraction of sp³-hybridized carbons (Fsp3) is 0.538. The summed E-state index contributed by atoms with van der Waals surface area (Å²) in [6, 6.07) is 3.94. The van der Waals surface area contributed by atoms with Gasteiger partial charge in [-0.2, -0.15) is 4.98 Å². The molecule has 0 aromatic carbocycles. The van der Waals surface area contributed by atoms with Crippen molar-refractivity contribution in [2.45, 2.75) is 32.6 Å². The first-order valence-corrected chi connectivity index (χ1v) is 7.20. The average molecular weight is 309 g/mol. The summed E-state index contributed by atoms with van der Waals surface area (Å²) < 4.78 is 2.80. The molecule has 0 atom stereocenters. The zero-order valence-corrected chi connectivity index (χ0v) is 12.1. The Kier molecular flexibility index (Phi) is 3.01. The number of fused-ring (bicyclic) bond motifs is 1. The summed E-state index contributed by atoms with van der Waals surface area (Å²) in [7, 11) is 0. The number of nitrogens with zero attached hydrogens (tertiary/aromatic N) is 3. The maximum Gasteiger partial charge on any atom is 0.243 e. The van der Waals surface area contributed by atoms with E-state index in [1.54, 1.807) is 4.52 Å². The van der Waals surface area contributed by atoms with Crippen molar-refractivity contribution in [2.24, 2.45) is 5.41 Å². The van der Waals surface area contributed by atoms with Gasteiger partial charge in [-0.05, 0) is 46.3 Å². The number of hydrogen-bond acceptors (Lipinski definition) is 3. The van der Waals surface area contributed by atoms with E-state index < -0.39 is 0 Å². The first kappa shape index (κ1) is 12.0. The molecule has 4 nitrogen and oxygen atoms in total. The Labute approximate surface area is 115 Å². The third-order valence-electron chi connectivity index (χ3n) is 3.78. The van der Waals surface area contributed by atoms with Crippen LogP contribution in [0.2, 0.25) is 0 Å². The van der Waals surface area contributed by atoms with Crippen LogP contribution in [0.4, 0.5) is 5.95 Å². The molecule has 0 aliphatic heterocycles. The highest BCUT2D eigenvalue weighted by Gasteiger charge is 2.28. The summed E-state index contributed by atoms with van der Waals surface area (Å²) in [6.45, 7) is 3.31. The highest BCUT2D eigenvalue weighted by molar-refractivity contribution is 9.10. The van der Waals surface area contributed by atoms with Gasteiger partial charge in [0.1, 0.15) is 0 Å². The second-order valence-electron chi connectivity index (χ2n) is 5.46. The van der Waals surface area contributed by atoms with Gasteiger partial charge in [0.05, 0.1) is 0 Å². The van der Waals surface area contributed by atoms with Gasteiger partial charge in [0.25, 0.3) is 0 Å². The highest BCUT2D eigenvalue weighted by atomic mass is 79.9. The molecule has 96 valence electrons. The number of hydrogen-bond donors (Lipinski definition) is 1. The van der Waals surface area contributed by atoms with Crippen molar-refractivity contribution in [1.29, 1.82) is 0 Å². The molecule has 5 heteroatoms. The molecule has 0 radical (unpaired) electrons. The SMILES string of the molecule is CC1(CNc2nc3ccc(Br)cn3n2)CCCC1. The summed E-state index contributed by atoms with van der Waals surface area (Å²) in [5.74, 6) is 0.723. The topological polar surface area (TPSA) is 42.2 Å². The van der Waals surface area contributed by atoms with Gasteiger partial charge in [0, 0.05) is 17.2 Å². The number of pyridine rings is 1. The largest absolute Gasteiger partial charge is 0.352 e. The summed E-state index contributed by atoms with van der Waals surface area (Å²) in [6.07, 6.45) is 7.23. The summed E-state index contributed by atoms with van der Waals surface area (Å²) in [5, 5.41) is 7.81. The minimum Gasteiger partial charge on any atom is -0.352 e. The molecule has 0 spiro atoms. The fourth-order valence-corrected chi connectivity index (χ4v) is 2.96. The lowest BCUT2D eigenvalue weighted by atomic mass is 9.89. The van der Waals surface area contributed by atoms with Gasteiger partial charge >= 0.3 is 0 Å². The van der Waals surface area contributed by atoms with Crippen LogP contribution in [0.1, 0.15) is 32.6 Å². The lowest BCUT2D eigenvalue weighted by Gasteiger charge is -2.22. The molecule has 1 N–H and O–H groups in total. The van der Waals surface area contributed by atoms with E-state index in [9.17, 15) is 0 Å². The van der Waals surface area contributed by atoms with E-state index >= 15 is 0 Å². The molecule has 1 aliphatic carbocycles. The molecular weight excluding hydrogens is 292 g/mol. The van der Waals surface area contributed by atoms with Crippen LogP contribution in [0, 0.1) is 5.41 Å². The predicted octanol–water partition coefficient (Wildman–Crippen LogP) is 3.48. The summed E-state index contributed by atoms with van der Waals surface area (Å²) >= 11 is 3.43. The number of aromatic nitrogens is 3. The van der Waals surface area contributed by atoms with Crippen molar-refractivity contribution < 1.29 is 0 Å². The molecule has 1 aliphatic rings. The van der Waals surface area contributed by atoms with Gasteiger partial charge < -0.3 is 5.32 Å². The second-order valence-corrected chi connectivity index (χ2v) is 6.37. The van der Waals surface area contributed by atoms with Crippen LogP contribution < -0.4 is 5.32 Å². The molecular formula is C13H17BrN4. The monoisotopic (exact) mass is 308 g/mol. The van der Waals surface area contributed by atoms with Gasteiger partial charge in [-0.1, -0.05) is 19.8 Å². The van der Waals surface area contributed by atoms with Crippen molar-refractivity contribution in [2.75, 3.05) is 11.9 Å². The van der Waals surface area contributed by atoms with Crippen LogP contribution in [0.3, 0.4) is 0 Å². The molecule has 0 amide bonds. The minimum atomic E-state index is 0.415. The normalized spacial score (nSPS) is 18.3. The third-order valence-corrected chi connectivity index (χ3v) is 4.25. The van der Waals surface area contributed by atoms with Crippen molar-refractivity contribution in [1.82, 2.24) is 14.6 Å². The first-order chi connectivity index (χ1) is 8.65. The molecule has 2 heterocycles. The molecule has 1 saturated carbocycles. The molecule has 2 aromatic heterocycles.